The van der Waals surface area contributed by atoms with Crippen LogP contribution in [0.25, 0.3) is 11.0 Å². The number of aromatic nitrogens is 6. The number of aliphatic hydroxyl groups is 2. The molecule has 4 aromatic heterocycles. The minimum atomic E-state index is -2.07. The summed E-state index contributed by atoms with van der Waals surface area (Å²) in [7, 11) is 0. The monoisotopic (exact) mass is 598 g/mol. The first kappa shape index (κ1) is 31.5. The number of nitriles is 2. The Morgan fingerprint density at radius 3 is 1.77 bits per heavy atom. The Kier molecular flexibility index (Phi) is 8.53. The van der Waals surface area contributed by atoms with Crippen molar-refractivity contribution in [1.29, 1.82) is 10.5 Å². The summed E-state index contributed by atoms with van der Waals surface area (Å²) in [4.78, 5) is 7.69. The zero-order valence-corrected chi connectivity index (χ0v) is 22.5. The number of halogens is 2. The van der Waals surface area contributed by atoms with Gasteiger partial charge in [-0.2, -0.15) is 20.7 Å². The fraction of sp³-hybridized carbons (Fsp3) is 0.481. The van der Waals surface area contributed by atoms with Gasteiger partial charge in [0.1, 0.15) is 48.0 Å². The van der Waals surface area contributed by atoms with Gasteiger partial charge in [-0.05, 0) is 30.7 Å². The van der Waals surface area contributed by atoms with Crippen LogP contribution in [0, 0.1) is 28.6 Å². The lowest BCUT2D eigenvalue weighted by Crippen LogP contribution is -2.37. The molecule has 2 aliphatic rings. The van der Waals surface area contributed by atoms with Crippen LogP contribution >= 0.6 is 0 Å². The lowest BCUT2D eigenvalue weighted by molar-refractivity contribution is -0.0566. The molecule has 6 N–H and O–H groups in total. The molecule has 4 aromatic rings. The average Bonchev–Trinajstić information content (AvgIpc) is 3.75. The maximum Gasteiger partial charge on any atom is 0.231 e. The second-order valence-corrected chi connectivity index (χ2v) is 10.1. The van der Waals surface area contributed by atoms with Crippen molar-refractivity contribution >= 4 is 22.7 Å². The van der Waals surface area contributed by atoms with Crippen LogP contribution in [-0.4, -0.2) is 76.7 Å². The smallest absolute Gasteiger partial charge is 0.231 e. The fourth-order valence-electron chi connectivity index (χ4n) is 5.53. The van der Waals surface area contributed by atoms with Gasteiger partial charge in [-0.15, -0.1) is 0 Å². The molecule has 6 heterocycles. The predicted octanol–water partition coefficient (Wildman–Crippen LogP) is 1.57. The first-order valence-electron chi connectivity index (χ1n) is 13.0. The van der Waals surface area contributed by atoms with Crippen LogP contribution in [0.2, 0.25) is 0 Å². The number of fused-ring (bicyclic) bond motifs is 2. The fourth-order valence-corrected chi connectivity index (χ4v) is 5.53. The third kappa shape index (κ3) is 4.59. The van der Waals surface area contributed by atoms with Crippen molar-refractivity contribution in [3.05, 3.63) is 48.3 Å². The van der Waals surface area contributed by atoms with E-state index in [-0.39, 0.29) is 36.8 Å². The van der Waals surface area contributed by atoms with Crippen molar-refractivity contribution in [2.45, 2.75) is 69.6 Å². The van der Waals surface area contributed by atoms with Gasteiger partial charge >= 0.3 is 0 Å². The highest BCUT2D eigenvalue weighted by molar-refractivity contribution is 5.67. The van der Waals surface area contributed by atoms with Gasteiger partial charge < -0.3 is 31.2 Å². The number of nitrogen functional groups attached to an aromatic ring is 2. The van der Waals surface area contributed by atoms with Crippen molar-refractivity contribution < 1.29 is 28.5 Å². The number of hydrogen-bond acceptors (Lipinski definition) is 12. The lowest BCUT2D eigenvalue weighted by Gasteiger charge is -2.23. The van der Waals surface area contributed by atoms with Crippen LogP contribution in [0.1, 0.15) is 39.1 Å². The van der Waals surface area contributed by atoms with Gasteiger partial charge in [-0.25, -0.2) is 27.8 Å². The Bertz CT molecular complexity index is 1580. The van der Waals surface area contributed by atoms with Gasteiger partial charge in [-0.1, -0.05) is 21.3 Å². The van der Waals surface area contributed by atoms with Gasteiger partial charge in [-0.3, -0.25) is 0 Å². The van der Waals surface area contributed by atoms with Crippen molar-refractivity contribution in [1.82, 2.24) is 29.2 Å². The van der Waals surface area contributed by atoms with Crippen molar-refractivity contribution in [2.24, 2.45) is 5.92 Å². The molecule has 8 atom stereocenters. The Labute approximate surface area is 245 Å². The van der Waals surface area contributed by atoms with Crippen LogP contribution in [0.3, 0.4) is 0 Å². The molecule has 0 saturated carbocycles. The zero-order valence-electron chi connectivity index (χ0n) is 22.5. The van der Waals surface area contributed by atoms with E-state index in [1.165, 1.54) is 33.8 Å². The van der Waals surface area contributed by atoms with E-state index in [0.717, 1.165) is 0 Å². The molecule has 0 bridgehead atoms. The maximum absolute atomic E-state index is 14.8. The molecule has 2 fully saturated rings. The van der Waals surface area contributed by atoms with Crippen LogP contribution in [0.4, 0.5) is 20.4 Å². The summed E-state index contributed by atoms with van der Waals surface area (Å²) in [6.45, 7) is 3.07. The summed E-state index contributed by atoms with van der Waals surface area (Å²) in [5.41, 5.74) is 9.09. The number of aliphatic hydroxyl groups excluding tert-OH is 2. The van der Waals surface area contributed by atoms with E-state index < -0.39 is 42.4 Å². The number of rotatable bonds is 4. The number of hydrogen-bond donors (Lipinski definition) is 4. The van der Waals surface area contributed by atoms with Crippen molar-refractivity contribution in [2.75, 3.05) is 18.1 Å². The molecule has 2 aliphatic heterocycles. The molecule has 14 nitrogen and oxygen atoms in total. The summed E-state index contributed by atoms with van der Waals surface area (Å²) in [5, 5.41) is 45.9. The van der Waals surface area contributed by atoms with E-state index in [4.69, 9.17) is 26.0 Å². The van der Waals surface area contributed by atoms with Crippen molar-refractivity contribution in [3.8, 4) is 12.1 Å². The molecule has 228 valence electrons. The molecule has 16 heteroatoms. The summed E-state index contributed by atoms with van der Waals surface area (Å²) in [5.74, 6) is 0.0780. The molecule has 0 aromatic carbocycles. The van der Waals surface area contributed by atoms with E-state index in [1.807, 2.05) is 13.0 Å². The highest BCUT2D eigenvalue weighted by Crippen LogP contribution is 2.46. The first-order valence-corrected chi connectivity index (χ1v) is 13.0. The van der Waals surface area contributed by atoms with Crippen LogP contribution in [0.15, 0.2) is 36.9 Å². The summed E-state index contributed by atoms with van der Waals surface area (Å²) in [6, 6.07) is 10.0. The molecule has 2 saturated heterocycles. The maximum atomic E-state index is 14.8. The van der Waals surface area contributed by atoms with Gasteiger partial charge in [0.2, 0.25) is 11.2 Å². The minimum Gasteiger partial charge on any atom is -0.394 e. The van der Waals surface area contributed by atoms with Crippen LogP contribution in [-0.2, 0) is 20.7 Å². The van der Waals surface area contributed by atoms with E-state index in [2.05, 4.69) is 20.2 Å². The number of anilines is 2. The molecule has 0 spiro atoms. The number of alkyl halides is 2. The SMILES string of the molecule is C.CC[C@H]1OC(C#N)(c2ccc3c(N)ncnn23)[C@H](F)[C@@H]1C.N#C[C@@]1(c2ccc3c(N)ncnn23)O[C@H](CO)[C@@H](O)[C@H]1F. The third-order valence-corrected chi connectivity index (χ3v) is 7.82. The molecule has 0 radical (unpaired) electrons. The van der Waals surface area contributed by atoms with Crippen molar-refractivity contribution in [3.63, 3.8) is 0 Å². The Morgan fingerprint density at radius 2 is 1.37 bits per heavy atom. The standard InChI is InChI=1S/C14H16FN5O.C12H12FN5O3.CH4/c1-3-10-8(2)12(15)14(6-16,21-10)11-5-4-9-13(17)18-7-19-20(9)11;13-10-9(20)7(3-19)21-12(10,4-14)8-2-1-6-11(15)16-5-17-18(6)8;/h4-5,7-8,10,12H,3H2,1-2H3,(H2,17,18,19);1-2,5,7,9-10,19-20H,3H2,(H2,15,16,17);1H4/t8-,10-,12-,14?;7-,9-,10-,12+;/m11./s1. The summed E-state index contributed by atoms with van der Waals surface area (Å²) in [6.07, 6.45) is -3.48. The highest BCUT2D eigenvalue weighted by Gasteiger charge is 2.59. The Morgan fingerprint density at radius 1 is 0.907 bits per heavy atom. The van der Waals surface area contributed by atoms with Crippen LogP contribution in [0.5, 0.6) is 0 Å². The van der Waals surface area contributed by atoms with Gasteiger partial charge in [0.15, 0.2) is 24.0 Å². The summed E-state index contributed by atoms with van der Waals surface area (Å²) >= 11 is 0. The number of nitrogens with two attached hydrogens (primary N) is 2. The molecule has 6 rings (SSSR count). The van der Waals surface area contributed by atoms with E-state index >= 15 is 0 Å². The largest absolute Gasteiger partial charge is 0.394 e. The Balaban J connectivity index is 0.000000192. The second-order valence-electron chi connectivity index (χ2n) is 10.1. The molecular formula is C27H32F2N10O4. The molecule has 1 unspecified atom stereocenters. The molecule has 0 amide bonds. The van der Waals surface area contributed by atoms with Gasteiger partial charge in [0.25, 0.3) is 0 Å². The molecular weight excluding hydrogens is 566 g/mol. The number of nitrogens with zero attached hydrogens (tertiary/aromatic N) is 8. The second kappa shape index (κ2) is 11.7. The first-order chi connectivity index (χ1) is 20.1. The van der Waals surface area contributed by atoms with E-state index in [0.29, 0.717) is 23.1 Å². The quantitative estimate of drug-likeness (QED) is 0.263. The van der Waals surface area contributed by atoms with Gasteiger partial charge in [0, 0.05) is 5.92 Å². The number of ether oxygens (including phenoxy) is 2. The van der Waals surface area contributed by atoms with Crippen LogP contribution < -0.4 is 11.5 Å². The predicted molar refractivity (Wildman–Crippen MR) is 148 cm³/mol. The minimum absolute atomic E-state index is 0. The normalized spacial score (nSPS) is 31.6. The Hall–Kier alpha value is -4.48. The molecule has 43 heavy (non-hydrogen) atoms. The highest BCUT2D eigenvalue weighted by atomic mass is 19.1. The van der Waals surface area contributed by atoms with E-state index in [1.54, 1.807) is 25.1 Å². The average molecular weight is 599 g/mol. The zero-order chi connectivity index (χ0) is 30.4. The van der Waals surface area contributed by atoms with Gasteiger partial charge in [0.05, 0.1) is 24.1 Å². The third-order valence-electron chi connectivity index (χ3n) is 7.82. The molecule has 0 aliphatic carbocycles. The van der Waals surface area contributed by atoms with E-state index in [9.17, 15) is 24.4 Å². The summed E-state index contributed by atoms with van der Waals surface area (Å²) < 4.78 is 43.1. The topological polar surface area (TPSA) is 219 Å². The lowest BCUT2D eigenvalue weighted by atomic mass is 9.89.